The molecule has 3 aromatic rings. The summed E-state index contributed by atoms with van der Waals surface area (Å²) in [7, 11) is 1.84. The van der Waals surface area contributed by atoms with Crippen LogP contribution in [0.4, 0.5) is 0 Å². The van der Waals surface area contributed by atoms with Crippen molar-refractivity contribution in [2.45, 2.75) is 77.7 Å². The Morgan fingerprint density at radius 3 is 2.29 bits per heavy atom. The zero-order valence-corrected chi connectivity index (χ0v) is 27.4. The summed E-state index contributed by atoms with van der Waals surface area (Å²) < 4.78 is 1.75. The van der Waals surface area contributed by atoms with Crippen LogP contribution >= 0.6 is 11.6 Å². The molecule has 0 saturated carbocycles. The smallest absolute Gasteiger partial charge is 0.243 e. The molecule has 0 bridgehead atoms. The number of halogens is 1. The molecule has 2 heterocycles. The van der Waals surface area contributed by atoms with E-state index in [0.29, 0.717) is 30.1 Å². The van der Waals surface area contributed by atoms with Gasteiger partial charge in [-0.15, -0.1) is 0 Å². The highest BCUT2D eigenvalue weighted by Gasteiger charge is 2.31. The molecule has 4 N–H and O–H groups in total. The molecule has 11 nitrogen and oxygen atoms in total. The van der Waals surface area contributed by atoms with Crippen molar-refractivity contribution in [2.24, 2.45) is 13.0 Å². The van der Waals surface area contributed by atoms with Crippen molar-refractivity contribution in [3.05, 3.63) is 64.8 Å². The average molecular weight is 638 g/mol. The Kier molecular flexibility index (Phi) is 11.6. The maximum Gasteiger partial charge on any atom is 0.243 e. The van der Waals surface area contributed by atoms with E-state index >= 15 is 0 Å². The first-order chi connectivity index (χ1) is 21.4. The van der Waals surface area contributed by atoms with Crippen LogP contribution in [-0.4, -0.2) is 75.6 Å². The van der Waals surface area contributed by atoms with Crippen molar-refractivity contribution < 1.29 is 19.2 Å². The number of rotatable bonds is 7. The van der Waals surface area contributed by atoms with Crippen LogP contribution < -0.4 is 21.3 Å². The molecule has 1 aliphatic heterocycles. The summed E-state index contributed by atoms with van der Waals surface area (Å²) in [5.74, 6) is -1.55. The van der Waals surface area contributed by atoms with Crippen LogP contribution in [0.3, 0.4) is 0 Å². The van der Waals surface area contributed by atoms with Crippen LogP contribution in [0, 0.1) is 5.92 Å². The lowest BCUT2D eigenvalue weighted by molar-refractivity contribution is -0.133. The molecule has 2 aromatic carbocycles. The van der Waals surface area contributed by atoms with E-state index in [2.05, 4.69) is 21.3 Å². The zero-order valence-electron chi connectivity index (χ0n) is 26.6. The predicted octanol–water partition coefficient (Wildman–Crippen LogP) is 2.70. The third-order valence-corrected chi connectivity index (χ3v) is 8.30. The van der Waals surface area contributed by atoms with Crippen LogP contribution in [0.1, 0.15) is 51.8 Å². The highest BCUT2D eigenvalue weighted by Crippen LogP contribution is 2.27. The molecule has 1 aliphatic rings. The van der Waals surface area contributed by atoms with Gasteiger partial charge in [-0.3, -0.25) is 28.8 Å². The molecule has 4 rings (SSSR count). The monoisotopic (exact) mass is 637 g/mol. The molecule has 4 atom stereocenters. The summed E-state index contributed by atoms with van der Waals surface area (Å²) >= 11 is 6.58. The second kappa shape index (κ2) is 15.4. The van der Waals surface area contributed by atoms with E-state index < -0.39 is 29.9 Å². The van der Waals surface area contributed by atoms with Crippen LogP contribution in [0.25, 0.3) is 10.9 Å². The van der Waals surface area contributed by atoms with Crippen LogP contribution in [0.15, 0.2) is 48.5 Å². The number of carbonyl (C=O) groups excluding carboxylic acids is 4. The lowest BCUT2D eigenvalue weighted by Crippen LogP contribution is -2.57. The zero-order chi connectivity index (χ0) is 32.7. The Hall–Kier alpha value is -3.96. The molecule has 45 heavy (non-hydrogen) atoms. The van der Waals surface area contributed by atoms with Crippen molar-refractivity contribution in [2.75, 3.05) is 13.1 Å². The minimum atomic E-state index is -0.890. The highest BCUT2D eigenvalue weighted by molar-refractivity contribution is 6.35. The number of carbonyl (C=O) groups is 4. The van der Waals surface area contributed by atoms with Gasteiger partial charge in [0.05, 0.1) is 22.8 Å². The Morgan fingerprint density at radius 1 is 0.911 bits per heavy atom. The maximum atomic E-state index is 13.8. The Bertz CT molecular complexity index is 1510. The van der Waals surface area contributed by atoms with Gasteiger partial charge >= 0.3 is 0 Å². The molecule has 0 radical (unpaired) electrons. The topological polar surface area (TPSA) is 137 Å². The molecule has 0 aliphatic carbocycles. The quantitative estimate of drug-likeness (QED) is 0.314. The molecule has 0 spiro atoms. The highest BCUT2D eigenvalue weighted by atomic mass is 35.5. The molecule has 12 heteroatoms. The summed E-state index contributed by atoms with van der Waals surface area (Å²) in [6, 6.07) is 12.1. The number of nitrogens with zero attached hydrogens (tertiary/aromatic N) is 3. The lowest BCUT2D eigenvalue weighted by atomic mass is 10.0. The first kappa shape index (κ1) is 33.9. The molecular weight excluding hydrogens is 594 g/mol. The molecule has 1 fully saturated rings. The van der Waals surface area contributed by atoms with Gasteiger partial charge in [0, 0.05) is 38.0 Å². The Labute approximate surface area is 269 Å². The largest absolute Gasteiger partial charge is 0.350 e. The summed E-state index contributed by atoms with van der Waals surface area (Å²) in [4.78, 5) is 55.8. The minimum Gasteiger partial charge on any atom is -0.350 e. The Morgan fingerprint density at radius 2 is 1.60 bits per heavy atom. The summed E-state index contributed by atoms with van der Waals surface area (Å²) in [6.07, 6.45) is 1.21. The summed E-state index contributed by atoms with van der Waals surface area (Å²) in [6.45, 7) is 8.00. The second-order valence-corrected chi connectivity index (χ2v) is 12.6. The molecule has 1 aromatic heterocycles. The molecule has 1 saturated heterocycles. The van der Waals surface area contributed by atoms with Crippen LogP contribution in [0.2, 0.25) is 5.02 Å². The van der Waals surface area contributed by atoms with Crippen LogP contribution in [0.5, 0.6) is 0 Å². The SMILES string of the molecule is CC[C@H]1CN(Cc2nn(C)c3cccc(Cl)c23)CC(=O)N[C@H](C)C(=O)N[C@@H](CC(C)C)C(=O)N[C@@H](Cc2ccccc2)C(=O)N1. The number of fused-ring (bicyclic) bond motifs is 1. The summed E-state index contributed by atoms with van der Waals surface area (Å²) in [5, 5.41) is 17.7. The fourth-order valence-corrected chi connectivity index (χ4v) is 5.92. The molecule has 0 unspecified atom stereocenters. The van der Waals surface area contributed by atoms with Crippen LogP contribution in [-0.2, 0) is 39.2 Å². The van der Waals surface area contributed by atoms with E-state index in [1.807, 2.05) is 75.2 Å². The number of aryl methyl sites for hydroxylation is 1. The van der Waals surface area contributed by atoms with E-state index in [9.17, 15) is 19.2 Å². The van der Waals surface area contributed by atoms with Gasteiger partial charge in [-0.1, -0.05) is 68.8 Å². The standard InChI is InChI=1S/C33H44ClN7O4/c1-6-23-17-41(18-27-30-24(34)13-10-14-28(30)40(5)39-27)19-29(42)35-21(4)31(43)37-25(15-20(2)3)33(45)38-26(32(44)36-23)16-22-11-8-7-9-12-22/h7-14,20-21,23,25-26H,6,15-19H2,1-5H3,(H,35,42)(H,36,44)(H,37,43)(H,38,45)/t21-,23+,25+,26+/m1/s1. The maximum absolute atomic E-state index is 13.8. The van der Waals surface area contributed by atoms with E-state index in [-0.39, 0.29) is 43.3 Å². The van der Waals surface area contributed by atoms with Crippen molar-refractivity contribution >= 4 is 46.1 Å². The average Bonchev–Trinajstić information content (AvgIpc) is 3.31. The molecular formula is C33H44ClN7O4. The number of hydrogen-bond acceptors (Lipinski definition) is 6. The first-order valence-electron chi connectivity index (χ1n) is 15.5. The second-order valence-electron chi connectivity index (χ2n) is 12.2. The number of nitrogens with one attached hydrogen (secondary N) is 4. The number of aromatic nitrogens is 2. The molecule has 4 amide bonds. The number of amides is 4. The van der Waals surface area contributed by atoms with E-state index in [0.717, 1.165) is 16.5 Å². The van der Waals surface area contributed by atoms with Gasteiger partial charge in [0.15, 0.2) is 0 Å². The van der Waals surface area contributed by atoms with Crippen molar-refractivity contribution in [1.29, 1.82) is 0 Å². The summed E-state index contributed by atoms with van der Waals surface area (Å²) in [5.41, 5.74) is 2.44. The van der Waals surface area contributed by atoms with E-state index in [1.54, 1.807) is 17.7 Å². The number of hydrogen-bond donors (Lipinski definition) is 4. The normalized spacial score (nSPS) is 22.7. The van der Waals surface area contributed by atoms with Crippen molar-refractivity contribution in [3.63, 3.8) is 0 Å². The molecule has 242 valence electrons. The van der Waals surface area contributed by atoms with Gasteiger partial charge in [-0.25, -0.2) is 0 Å². The van der Waals surface area contributed by atoms with Crippen molar-refractivity contribution in [1.82, 2.24) is 35.9 Å². The van der Waals surface area contributed by atoms with Gasteiger partial charge in [0.1, 0.15) is 18.1 Å². The van der Waals surface area contributed by atoms with Gasteiger partial charge in [-0.05, 0) is 43.4 Å². The lowest BCUT2D eigenvalue weighted by Gasteiger charge is -2.29. The third-order valence-electron chi connectivity index (χ3n) is 7.98. The van der Waals surface area contributed by atoms with Gasteiger partial charge < -0.3 is 21.3 Å². The van der Waals surface area contributed by atoms with Gasteiger partial charge in [-0.2, -0.15) is 5.10 Å². The number of benzene rings is 2. The third kappa shape index (κ3) is 9.04. The van der Waals surface area contributed by atoms with Gasteiger partial charge in [0.25, 0.3) is 0 Å². The van der Waals surface area contributed by atoms with E-state index in [1.165, 1.54) is 0 Å². The first-order valence-corrected chi connectivity index (χ1v) is 15.9. The van der Waals surface area contributed by atoms with Gasteiger partial charge in [0.2, 0.25) is 23.6 Å². The minimum absolute atomic E-state index is 0.0490. The Balaban J connectivity index is 1.68. The van der Waals surface area contributed by atoms with E-state index in [4.69, 9.17) is 16.7 Å². The fraction of sp³-hybridized carbons (Fsp3) is 0.485. The van der Waals surface area contributed by atoms with Crippen molar-refractivity contribution in [3.8, 4) is 0 Å². The predicted molar refractivity (Wildman–Crippen MR) is 174 cm³/mol. The fourth-order valence-electron chi connectivity index (χ4n) is 5.64.